The molecule has 4 rings (SSSR count). The number of ether oxygens (including phenoxy) is 2. The summed E-state index contributed by atoms with van der Waals surface area (Å²) in [6.07, 6.45) is 1.04. The first-order chi connectivity index (χ1) is 20.1. The minimum atomic E-state index is -4.35. The van der Waals surface area contributed by atoms with Crippen LogP contribution in [0.15, 0.2) is 71.6 Å². The highest BCUT2D eigenvalue weighted by molar-refractivity contribution is 7.92. The fourth-order valence-electron chi connectivity index (χ4n) is 4.70. The van der Waals surface area contributed by atoms with E-state index in [2.05, 4.69) is 5.32 Å². The molecule has 1 N–H and O–H groups in total. The molecule has 0 radical (unpaired) electrons. The fraction of sp³-hybridized carbons (Fsp3) is 0.355. The third kappa shape index (κ3) is 7.02. The van der Waals surface area contributed by atoms with Crippen LogP contribution in [0.2, 0.25) is 0 Å². The summed E-state index contributed by atoms with van der Waals surface area (Å²) in [5, 5.41) is 2.86. The van der Waals surface area contributed by atoms with Crippen molar-refractivity contribution in [3.63, 3.8) is 0 Å². The van der Waals surface area contributed by atoms with Crippen molar-refractivity contribution in [2.45, 2.75) is 51.1 Å². The number of halogens is 1. The first kappa shape index (κ1) is 30.8. The molecular formula is C31H36FN3O6S. The number of sulfonamides is 1. The van der Waals surface area contributed by atoms with Gasteiger partial charge in [0.2, 0.25) is 11.8 Å². The van der Waals surface area contributed by atoms with Crippen LogP contribution in [-0.4, -0.2) is 57.5 Å². The zero-order valence-electron chi connectivity index (χ0n) is 24.0. The number of amides is 2. The molecule has 42 heavy (non-hydrogen) atoms. The van der Waals surface area contributed by atoms with E-state index in [9.17, 15) is 22.4 Å². The summed E-state index contributed by atoms with van der Waals surface area (Å²) >= 11 is 0. The average Bonchev–Trinajstić information content (AvgIpc) is 2.99. The van der Waals surface area contributed by atoms with E-state index >= 15 is 0 Å². The largest absolute Gasteiger partial charge is 0.486 e. The fourth-order valence-corrected chi connectivity index (χ4v) is 6.13. The number of hydrogen-bond donors (Lipinski definition) is 1. The Morgan fingerprint density at radius 3 is 2.33 bits per heavy atom. The number of carbonyl (C=O) groups is 2. The van der Waals surface area contributed by atoms with Gasteiger partial charge in [0.25, 0.3) is 10.0 Å². The number of fused-ring (bicyclic) bond motifs is 1. The Morgan fingerprint density at radius 2 is 1.67 bits per heavy atom. The summed E-state index contributed by atoms with van der Waals surface area (Å²) in [6.45, 7) is 6.18. The van der Waals surface area contributed by atoms with Crippen molar-refractivity contribution in [3.05, 3.63) is 83.7 Å². The van der Waals surface area contributed by atoms with Gasteiger partial charge < -0.3 is 19.7 Å². The first-order valence-corrected chi connectivity index (χ1v) is 15.4. The highest BCUT2D eigenvalue weighted by Crippen LogP contribution is 2.34. The maximum atomic E-state index is 14.1. The average molecular weight is 598 g/mol. The van der Waals surface area contributed by atoms with E-state index in [1.807, 2.05) is 38.1 Å². The van der Waals surface area contributed by atoms with Gasteiger partial charge in [-0.25, -0.2) is 12.8 Å². The molecule has 224 valence electrons. The van der Waals surface area contributed by atoms with E-state index in [0.29, 0.717) is 25.3 Å². The molecule has 1 atom stereocenters. The van der Waals surface area contributed by atoms with Gasteiger partial charge in [-0.1, -0.05) is 38.1 Å². The van der Waals surface area contributed by atoms with Crippen molar-refractivity contribution < 1.29 is 31.9 Å². The van der Waals surface area contributed by atoms with Crippen LogP contribution in [0, 0.1) is 12.7 Å². The van der Waals surface area contributed by atoms with Gasteiger partial charge in [0, 0.05) is 19.2 Å². The van der Waals surface area contributed by atoms with Crippen molar-refractivity contribution in [1.82, 2.24) is 10.2 Å². The molecule has 0 fully saturated rings. The van der Waals surface area contributed by atoms with E-state index in [1.165, 1.54) is 35.2 Å². The molecule has 2 amide bonds. The number of anilines is 1. The molecule has 0 bridgehead atoms. The Hall–Kier alpha value is -4.12. The molecule has 9 nitrogen and oxygen atoms in total. The first-order valence-electron chi connectivity index (χ1n) is 13.9. The predicted octanol–water partition coefficient (Wildman–Crippen LogP) is 4.43. The molecule has 0 spiro atoms. The lowest BCUT2D eigenvalue weighted by Gasteiger charge is -2.33. The standard InChI is InChI=1S/C31H36FN3O6S/c1-4-16-33-31(37)27(5-2)34(20-23-9-7-6-8-22(23)3)30(36)21-35(25-12-10-24(32)11-13-25)42(38,39)26-14-15-28-29(19-26)41-18-17-40-28/h6-15,19,27H,4-5,16-18,20-21H2,1-3H3,(H,33,37). The highest BCUT2D eigenvalue weighted by atomic mass is 32.2. The van der Waals surface area contributed by atoms with Crippen molar-refractivity contribution in [2.24, 2.45) is 0 Å². The molecule has 1 aliphatic heterocycles. The third-order valence-corrected chi connectivity index (χ3v) is 8.80. The van der Waals surface area contributed by atoms with Crippen molar-refractivity contribution in [1.29, 1.82) is 0 Å². The van der Waals surface area contributed by atoms with Crippen LogP contribution in [0.5, 0.6) is 11.5 Å². The number of hydrogen-bond acceptors (Lipinski definition) is 6. The second-order valence-electron chi connectivity index (χ2n) is 9.96. The number of nitrogens with zero attached hydrogens (tertiary/aromatic N) is 2. The predicted molar refractivity (Wildman–Crippen MR) is 157 cm³/mol. The second-order valence-corrected chi connectivity index (χ2v) is 11.8. The van der Waals surface area contributed by atoms with E-state index < -0.39 is 34.3 Å². The molecule has 1 heterocycles. The molecule has 1 aliphatic rings. The third-order valence-electron chi connectivity index (χ3n) is 7.03. The molecule has 3 aromatic rings. The van der Waals surface area contributed by atoms with Crippen molar-refractivity contribution >= 4 is 27.5 Å². The lowest BCUT2D eigenvalue weighted by molar-refractivity contribution is -0.140. The number of rotatable bonds is 12. The quantitative estimate of drug-likeness (QED) is 0.331. The number of carbonyl (C=O) groups excluding carboxylic acids is 2. The summed E-state index contributed by atoms with van der Waals surface area (Å²) in [5.41, 5.74) is 1.85. The van der Waals surface area contributed by atoms with Gasteiger partial charge >= 0.3 is 0 Å². The Morgan fingerprint density at radius 1 is 0.976 bits per heavy atom. The summed E-state index contributed by atoms with van der Waals surface area (Å²) in [4.78, 5) is 28.6. The van der Waals surface area contributed by atoms with E-state index in [1.54, 1.807) is 6.92 Å². The molecule has 3 aromatic carbocycles. The summed E-state index contributed by atoms with van der Waals surface area (Å²) in [5.74, 6) is -0.765. The lowest BCUT2D eigenvalue weighted by Crippen LogP contribution is -2.52. The van der Waals surface area contributed by atoms with Crippen LogP contribution in [0.1, 0.15) is 37.8 Å². The molecule has 11 heteroatoms. The zero-order chi connectivity index (χ0) is 30.3. The van der Waals surface area contributed by atoms with Gasteiger partial charge in [-0.3, -0.25) is 13.9 Å². The van der Waals surface area contributed by atoms with Crippen LogP contribution in [-0.2, 0) is 26.2 Å². The number of benzene rings is 3. The van der Waals surface area contributed by atoms with Gasteiger partial charge in [0.15, 0.2) is 11.5 Å². The Labute approximate surface area is 246 Å². The molecular weight excluding hydrogens is 561 g/mol. The zero-order valence-corrected chi connectivity index (χ0v) is 24.8. The number of nitrogens with one attached hydrogen (secondary N) is 1. The molecule has 0 saturated carbocycles. The Kier molecular flexibility index (Phi) is 10.1. The van der Waals surface area contributed by atoms with Crippen molar-refractivity contribution in [3.8, 4) is 11.5 Å². The Balaban J connectivity index is 1.74. The summed E-state index contributed by atoms with van der Waals surface area (Å²) < 4.78 is 54.0. The Bertz CT molecular complexity index is 1510. The maximum absolute atomic E-state index is 14.1. The van der Waals surface area contributed by atoms with Crippen LogP contribution in [0.4, 0.5) is 10.1 Å². The van der Waals surface area contributed by atoms with Crippen LogP contribution in [0.3, 0.4) is 0 Å². The molecule has 1 unspecified atom stereocenters. The van der Waals surface area contributed by atoms with Gasteiger partial charge in [-0.15, -0.1) is 0 Å². The van der Waals surface area contributed by atoms with Crippen molar-refractivity contribution in [2.75, 3.05) is 30.6 Å². The molecule has 0 aliphatic carbocycles. The van der Waals surface area contributed by atoms with Gasteiger partial charge in [-0.05, 0) is 67.3 Å². The lowest BCUT2D eigenvalue weighted by atomic mass is 10.1. The smallest absolute Gasteiger partial charge is 0.264 e. The van der Waals surface area contributed by atoms with Gasteiger partial charge in [0.1, 0.15) is 31.6 Å². The maximum Gasteiger partial charge on any atom is 0.264 e. The minimum Gasteiger partial charge on any atom is -0.486 e. The number of aryl methyl sites for hydroxylation is 1. The SMILES string of the molecule is CCCNC(=O)C(CC)N(Cc1ccccc1C)C(=O)CN(c1ccc(F)cc1)S(=O)(=O)c1ccc2c(c1)OCCO2. The van der Waals surface area contributed by atoms with Crippen LogP contribution >= 0.6 is 0 Å². The van der Waals surface area contributed by atoms with E-state index in [4.69, 9.17) is 9.47 Å². The summed E-state index contributed by atoms with van der Waals surface area (Å²) in [7, 11) is -4.35. The normalized spacial score (nSPS) is 13.2. The second kappa shape index (κ2) is 13.7. The monoisotopic (exact) mass is 597 g/mol. The molecule has 0 aromatic heterocycles. The van der Waals surface area contributed by atoms with Gasteiger partial charge in [-0.2, -0.15) is 0 Å². The minimum absolute atomic E-state index is 0.0963. The molecule has 0 saturated heterocycles. The topological polar surface area (TPSA) is 105 Å². The van der Waals surface area contributed by atoms with Gasteiger partial charge in [0.05, 0.1) is 10.6 Å². The highest BCUT2D eigenvalue weighted by Gasteiger charge is 2.34. The van der Waals surface area contributed by atoms with Crippen LogP contribution in [0.25, 0.3) is 0 Å². The van der Waals surface area contributed by atoms with E-state index in [-0.39, 0.29) is 35.4 Å². The summed E-state index contributed by atoms with van der Waals surface area (Å²) in [6, 6.07) is 15.8. The van der Waals surface area contributed by atoms with E-state index in [0.717, 1.165) is 34.0 Å². The van der Waals surface area contributed by atoms with Crippen LogP contribution < -0.4 is 19.1 Å².